The molecule has 3 aromatic rings. The van der Waals surface area contributed by atoms with E-state index in [4.69, 9.17) is 4.74 Å². The lowest BCUT2D eigenvalue weighted by Gasteiger charge is -2.11. The van der Waals surface area contributed by atoms with Gasteiger partial charge in [-0.25, -0.2) is 4.39 Å². The number of ether oxygens (including phenoxy) is 1. The van der Waals surface area contributed by atoms with Gasteiger partial charge in [-0.1, -0.05) is 24.3 Å². The average Bonchev–Trinajstić information content (AvgIpc) is 2.67. The van der Waals surface area contributed by atoms with Gasteiger partial charge in [0.2, 0.25) is 0 Å². The molecule has 0 radical (unpaired) electrons. The van der Waals surface area contributed by atoms with Gasteiger partial charge in [-0.2, -0.15) is 0 Å². The molecule has 138 valence electrons. The first-order valence-corrected chi connectivity index (χ1v) is 9.15. The first-order valence-electron chi connectivity index (χ1n) is 8.36. The van der Waals surface area contributed by atoms with Crippen LogP contribution in [0.1, 0.15) is 5.56 Å². The minimum Gasteiger partial charge on any atom is -0.483 e. The highest BCUT2D eigenvalue weighted by atomic mass is 79.9. The molecular formula is C21H18BrFN2O2. The molecule has 3 aromatic carbocycles. The Balaban J connectivity index is 1.51. The molecule has 0 atom stereocenters. The third-order valence-corrected chi connectivity index (χ3v) is 4.37. The Morgan fingerprint density at radius 1 is 0.963 bits per heavy atom. The van der Waals surface area contributed by atoms with E-state index in [0.29, 0.717) is 12.3 Å². The van der Waals surface area contributed by atoms with Crippen molar-refractivity contribution in [3.8, 4) is 5.75 Å². The van der Waals surface area contributed by atoms with Crippen molar-refractivity contribution < 1.29 is 13.9 Å². The number of rotatable bonds is 7. The van der Waals surface area contributed by atoms with Crippen LogP contribution in [0, 0.1) is 5.82 Å². The van der Waals surface area contributed by atoms with Crippen molar-refractivity contribution in [1.82, 2.24) is 0 Å². The summed E-state index contributed by atoms with van der Waals surface area (Å²) >= 11 is 3.47. The van der Waals surface area contributed by atoms with Crippen LogP contribution in [-0.4, -0.2) is 12.5 Å². The van der Waals surface area contributed by atoms with Gasteiger partial charge in [-0.05, 0) is 70.0 Å². The summed E-state index contributed by atoms with van der Waals surface area (Å²) in [7, 11) is 0. The van der Waals surface area contributed by atoms with Crippen molar-refractivity contribution >= 4 is 33.2 Å². The van der Waals surface area contributed by atoms with Crippen LogP contribution in [0.2, 0.25) is 0 Å². The standard InChI is InChI=1S/C21H18BrFN2O2/c22-19-12-15(13-24-17-9-7-16(23)8-10-17)6-11-20(19)27-14-21(26)25-18-4-2-1-3-5-18/h1-12,24H,13-14H2,(H,25,26). The van der Waals surface area contributed by atoms with Crippen LogP contribution < -0.4 is 15.4 Å². The van der Waals surface area contributed by atoms with Crippen molar-refractivity contribution in [1.29, 1.82) is 0 Å². The van der Waals surface area contributed by atoms with Crippen LogP contribution in [0.25, 0.3) is 0 Å². The molecule has 0 bridgehead atoms. The van der Waals surface area contributed by atoms with E-state index in [1.54, 1.807) is 12.1 Å². The Morgan fingerprint density at radius 2 is 1.70 bits per heavy atom. The predicted octanol–water partition coefficient (Wildman–Crippen LogP) is 5.22. The van der Waals surface area contributed by atoms with Crippen LogP contribution in [0.4, 0.5) is 15.8 Å². The third-order valence-electron chi connectivity index (χ3n) is 3.75. The van der Waals surface area contributed by atoms with Crippen molar-refractivity contribution in [2.75, 3.05) is 17.2 Å². The number of benzene rings is 3. The maximum atomic E-state index is 12.9. The maximum Gasteiger partial charge on any atom is 0.262 e. The summed E-state index contributed by atoms with van der Waals surface area (Å²) in [5, 5.41) is 5.99. The van der Waals surface area contributed by atoms with E-state index >= 15 is 0 Å². The summed E-state index contributed by atoms with van der Waals surface area (Å²) in [4.78, 5) is 12.0. The smallest absolute Gasteiger partial charge is 0.262 e. The molecule has 0 spiro atoms. The highest BCUT2D eigenvalue weighted by Crippen LogP contribution is 2.26. The van der Waals surface area contributed by atoms with Crippen molar-refractivity contribution in [3.63, 3.8) is 0 Å². The van der Waals surface area contributed by atoms with E-state index in [1.807, 2.05) is 48.5 Å². The first kappa shape index (κ1) is 18.9. The van der Waals surface area contributed by atoms with Crippen LogP contribution >= 0.6 is 15.9 Å². The molecule has 1 amide bonds. The van der Waals surface area contributed by atoms with Crippen LogP contribution in [0.15, 0.2) is 77.3 Å². The van der Waals surface area contributed by atoms with Gasteiger partial charge in [0, 0.05) is 17.9 Å². The van der Waals surface area contributed by atoms with Crippen LogP contribution in [0.5, 0.6) is 5.75 Å². The third kappa shape index (κ3) is 5.82. The number of hydrogen-bond acceptors (Lipinski definition) is 3. The molecule has 4 nitrogen and oxygen atoms in total. The van der Waals surface area contributed by atoms with E-state index in [9.17, 15) is 9.18 Å². The van der Waals surface area contributed by atoms with Crippen LogP contribution in [0.3, 0.4) is 0 Å². The Labute approximate surface area is 165 Å². The van der Waals surface area contributed by atoms with E-state index in [-0.39, 0.29) is 18.3 Å². The van der Waals surface area contributed by atoms with E-state index in [0.717, 1.165) is 21.4 Å². The van der Waals surface area contributed by atoms with Crippen molar-refractivity contribution in [2.45, 2.75) is 6.54 Å². The van der Waals surface area contributed by atoms with Gasteiger partial charge in [0.15, 0.2) is 6.61 Å². The normalized spacial score (nSPS) is 10.3. The number of anilines is 2. The molecule has 0 heterocycles. The highest BCUT2D eigenvalue weighted by Gasteiger charge is 2.07. The monoisotopic (exact) mass is 428 g/mol. The lowest BCUT2D eigenvalue weighted by atomic mass is 10.2. The summed E-state index contributed by atoms with van der Waals surface area (Å²) in [6.45, 7) is 0.500. The number of para-hydroxylation sites is 1. The lowest BCUT2D eigenvalue weighted by Crippen LogP contribution is -2.20. The van der Waals surface area contributed by atoms with Gasteiger partial charge in [-0.3, -0.25) is 4.79 Å². The highest BCUT2D eigenvalue weighted by molar-refractivity contribution is 9.10. The molecular weight excluding hydrogens is 411 g/mol. The number of hydrogen-bond donors (Lipinski definition) is 2. The summed E-state index contributed by atoms with van der Waals surface area (Å²) in [6.07, 6.45) is 0. The van der Waals surface area contributed by atoms with Gasteiger partial charge in [0.05, 0.1) is 4.47 Å². The summed E-state index contributed by atoms with van der Waals surface area (Å²) < 4.78 is 19.3. The Bertz CT molecular complexity index is 902. The zero-order chi connectivity index (χ0) is 19.1. The van der Waals surface area contributed by atoms with Crippen molar-refractivity contribution in [3.05, 3.63) is 88.6 Å². The van der Waals surface area contributed by atoms with E-state index < -0.39 is 0 Å². The predicted molar refractivity (Wildman–Crippen MR) is 108 cm³/mol. The van der Waals surface area contributed by atoms with Gasteiger partial charge in [0.1, 0.15) is 11.6 Å². The minimum atomic E-state index is -0.263. The summed E-state index contributed by atoms with van der Waals surface area (Å²) in [6, 6.07) is 21.1. The Kier molecular flexibility index (Phi) is 6.44. The Morgan fingerprint density at radius 3 is 2.41 bits per heavy atom. The lowest BCUT2D eigenvalue weighted by molar-refractivity contribution is -0.118. The van der Waals surface area contributed by atoms with Gasteiger partial charge in [-0.15, -0.1) is 0 Å². The molecule has 0 unspecified atom stereocenters. The van der Waals surface area contributed by atoms with Gasteiger partial charge in [0.25, 0.3) is 5.91 Å². The summed E-state index contributed by atoms with van der Waals surface area (Å²) in [5.41, 5.74) is 2.59. The minimum absolute atomic E-state index is 0.0827. The fraction of sp³-hybridized carbons (Fsp3) is 0.0952. The first-order chi connectivity index (χ1) is 13.1. The quantitative estimate of drug-likeness (QED) is 0.542. The molecule has 2 N–H and O–H groups in total. The molecule has 3 rings (SSSR count). The molecule has 0 aliphatic carbocycles. The average molecular weight is 429 g/mol. The summed E-state index contributed by atoms with van der Waals surface area (Å²) in [5.74, 6) is 0.0972. The SMILES string of the molecule is O=C(COc1ccc(CNc2ccc(F)cc2)cc1Br)Nc1ccccc1. The second-order valence-electron chi connectivity index (χ2n) is 5.83. The zero-order valence-corrected chi connectivity index (χ0v) is 16.0. The molecule has 0 fully saturated rings. The number of carbonyl (C=O) groups excluding carboxylic acids is 1. The fourth-order valence-corrected chi connectivity index (χ4v) is 2.95. The van der Waals surface area contributed by atoms with E-state index in [2.05, 4.69) is 26.6 Å². The number of halogens is 2. The maximum absolute atomic E-state index is 12.9. The molecule has 0 aromatic heterocycles. The number of amides is 1. The second-order valence-corrected chi connectivity index (χ2v) is 6.68. The zero-order valence-electron chi connectivity index (χ0n) is 14.4. The van der Waals surface area contributed by atoms with Gasteiger partial charge >= 0.3 is 0 Å². The molecule has 0 saturated carbocycles. The van der Waals surface area contributed by atoms with E-state index in [1.165, 1.54) is 12.1 Å². The molecule has 0 aliphatic heterocycles. The van der Waals surface area contributed by atoms with Crippen LogP contribution in [-0.2, 0) is 11.3 Å². The number of carbonyl (C=O) groups is 1. The topological polar surface area (TPSA) is 50.4 Å². The molecule has 6 heteroatoms. The van der Waals surface area contributed by atoms with Crippen molar-refractivity contribution in [2.24, 2.45) is 0 Å². The van der Waals surface area contributed by atoms with Gasteiger partial charge < -0.3 is 15.4 Å². The second kappa shape index (κ2) is 9.19. The molecule has 27 heavy (non-hydrogen) atoms. The number of nitrogens with one attached hydrogen (secondary N) is 2. The molecule has 0 aliphatic rings. The Hall–Kier alpha value is -2.86. The largest absolute Gasteiger partial charge is 0.483 e. The fourth-order valence-electron chi connectivity index (χ4n) is 2.41. The molecule has 0 saturated heterocycles.